The van der Waals surface area contributed by atoms with Crippen molar-refractivity contribution in [2.75, 3.05) is 19.8 Å². The lowest BCUT2D eigenvalue weighted by Crippen LogP contribution is -2.32. The Bertz CT molecular complexity index is 1120. The van der Waals surface area contributed by atoms with E-state index in [1.54, 1.807) is 47.9 Å². The molecule has 3 rings (SSSR count). The van der Waals surface area contributed by atoms with Gasteiger partial charge < -0.3 is 9.80 Å². The Morgan fingerprint density at radius 1 is 0.677 bits per heavy atom. The van der Waals surface area contributed by atoms with Gasteiger partial charge in [0, 0.05) is 13.1 Å². The molecule has 31 heavy (non-hydrogen) atoms. The molecule has 1 aliphatic heterocycles. The van der Waals surface area contributed by atoms with Crippen LogP contribution in [0.15, 0.2) is 67.1 Å². The minimum absolute atomic E-state index is 0.135. The van der Waals surface area contributed by atoms with Crippen LogP contribution in [-0.4, -0.2) is 58.1 Å². The average molecular weight is 463 g/mol. The number of rotatable bonds is 4. The van der Waals surface area contributed by atoms with Crippen molar-refractivity contribution in [3.8, 4) is 0 Å². The third-order valence-corrected chi connectivity index (χ3v) is 7.78. The zero-order valence-electron chi connectivity index (χ0n) is 18.0. The highest BCUT2D eigenvalue weighted by atomic mass is 32.2. The van der Waals surface area contributed by atoms with E-state index in [-0.39, 0.29) is 9.79 Å². The van der Waals surface area contributed by atoms with E-state index < -0.39 is 20.0 Å². The highest BCUT2D eigenvalue weighted by Gasteiger charge is 2.25. The van der Waals surface area contributed by atoms with E-state index >= 15 is 0 Å². The van der Waals surface area contributed by atoms with Crippen LogP contribution in [-0.2, 0) is 20.0 Å². The molecule has 166 valence electrons. The Kier molecular flexibility index (Phi) is 6.51. The van der Waals surface area contributed by atoms with Gasteiger partial charge >= 0.3 is 0 Å². The van der Waals surface area contributed by atoms with Crippen molar-refractivity contribution < 1.29 is 16.8 Å². The maximum absolute atomic E-state index is 12.6. The second kappa shape index (κ2) is 8.80. The first kappa shape index (κ1) is 23.0. The maximum atomic E-state index is 12.6. The SMILES string of the molecule is CC(=NS(=O)(=O)c1ccc(C)cc1)N1CCN(C(C)=NS(=O)(=O)c2ccc(C)cc2)C1. The van der Waals surface area contributed by atoms with Crippen LogP contribution >= 0.6 is 0 Å². The minimum Gasteiger partial charge on any atom is -0.340 e. The first-order chi connectivity index (χ1) is 14.5. The molecule has 0 amide bonds. The van der Waals surface area contributed by atoms with E-state index in [4.69, 9.17) is 0 Å². The molecule has 1 saturated heterocycles. The Morgan fingerprint density at radius 2 is 1.00 bits per heavy atom. The van der Waals surface area contributed by atoms with Crippen molar-refractivity contribution >= 4 is 31.7 Å². The zero-order valence-corrected chi connectivity index (χ0v) is 19.6. The number of aryl methyl sites for hydroxylation is 2. The number of hydrogen-bond acceptors (Lipinski definition) is 4. The predicted octanol–water partition coefficient (Wildman–Crippen LogP) is 2.79. The molecule has 2 aromatic rings. The fraction of sp³-hybridized carbons (Fsp3) is 0.333. The summed E-state index contributed by atoms with van der Waals surface area (Å²) < 4.78 is 58.1. The normalized spacial score (nSPS) is 16.1. The van der Waals surface area contributed by atoms with Crippen molar-refractivity contribution in [3.05, 3.63) is 59.7 Å². The molecule has 0 bridgehead atoms. The van der Waals surface area contributed by atoms with Gasteiger partial charge in [0.05, 0.1) is 16.5 Å². The Labute approximate surface area is 184 Å². The van der Waals surface area contributed by atoms with Crippen molar-refractivity contribution in [2.45, 2.75) is 37.5 Å². The van der Waals surface area contributed by atoms with Crippen LogP contribution in [0.2, 0.25) is 0 Å². The second-order valence-electron chi connectivity index (χ2n) is 7.52. The van der Waals surface area contributed by atoms with E-state index in [9.17, 15) is 16.8 Å². The second-order valence-corrected chi connectivity index (χ2v) is 10.7. The molecule has 0 aliphatic carbocycles. The number of benzene rings is 2. The van der Waals surface area contributed by atoms with Crippen LogP contribution in [0.25, 0.3) is 0 Å². The van der Waals surface area contributed by atoms with Gasteiger partial charge in [-0.3, -0.25) is 0 Å². The fourth-order valence-corrected chi connectivity index (χ4v) is 5.20. The van der Waals surface area contributed by atoms with Gasteiger partial charge in [-0.05, 0) is 52.0 Å². The molecule has 0 radical (unpaired) electrons. The number of nitrogens with zero attached hydrogens (tertiary/aromatic N) is 4. The topological polar surface area (TPSA) is 99.5 Å². The van der Waals surface area contributed by atoms with Crippen molar-refractivity contribution in [1.82, 2.24) is 9.80 Å². The molecule has 0 spiro atoms. The summed E-state index contributed by atoms with van der Waals surface area (Å²) in [6.07, 6.45) is 0. The van der Waals surface area contributed by atoms with Gasteiger partial charge in [-0.15, -0.1) is 8.80 Å². The van der Waals surface area contributed by atoms with Crippen molar-refractivity contribution in [3.63, 3.8) is 0 Å². The van der Waals surface area contributed by atoms with Gasteiger partial charge in [-0.25, -0.2) is 0 Å². The first-order valence-corrected chi connectivity index (χ1v) is 12.6. The Balaban J connectivity index is 1.74. The molecule has 2 aromatic carbocycles. The highest BCUT2D eigenvalue weighted by molar-refractivity contribution is 7.90. The summed E-state index contributed by atoms with van der Waals surface area (Å²) in [6, 6.07) is 13.0. The van der Waals surface area contributed by atoms with Crippen LogP contribution in [0.3, 0.4) is 0 Å². The van der Waals surface area contributed by atoms with Gasteiger partial charge in [0.25, 0.3) is 20.0 Å². The quantitative estimate of drug-likeness (QED) is 0.512. The van der Waals surface area contributed by atoms with E-state index in [0.29, 0.717) is 31.4 Å². The van der Waals surface area contributed by atoms with Gasteiger partial charge in [-0.2, -0.15) is 16.8 Å². The zero-order chi connectivity index (χ0) is 22.8. The smallest absolute Gasteiger partial charge is 0.283 e. The number of sulfonamides is 2. The first-order valence-electron chi connectivity index (χ1n) is 9.74. The van der Waals surface area contributed by atoms with E-state index in [0.717, 1.165) is 11.1 Å². The maximum Gasteiger partial charge on any atom is 0.283 e. The molecule has 0 atom stereocenters. The minimum atomic E-state index is -3.82. The lowest BCUT2D eigenvalue weighted by molar-refractivity contribution is 0.421. The predicted molar refractivity (Wildman–Crippen MR) is 121 cm³/mol. The van der Waals surface area contributed by atoms with Crippen LogP contribution < -0.4 is 0 Å². The number of hydrogen-bond donors (Lipinski definition) is 0. The van der Waals surface area contributed by atoms with Gasteiger partial charge in [-0.1, -0.05) is 35.4 Å². The summed E-state index contributed by atoms with van der Waals surface area (Å²) in [5, 5.41) is 0. The molecule has 1 aliphatic rings. The summed E-state index contributed by atoms with van der Waals surface area (Å²) in [5.41, 5.74) is 1.93. The van der Waals surface area contributed by atoms with Gasteiger partial charge in [0.1, 0.15) is 11.7 Å². The Hall–Kier alpha value is -2.72. The highest BCUT2D eigenvalue weighted by Crippen LogP contribution is 2.17. The van der Waals surface area contributed by atoms with Gasteiger partial charge in [0.2, 0.25) is 0 Å². The summed E-state index contributed by atoms with van der Waals surface area (Å²) in [4.78, 5) is 3.83. The summed E-state index contributed by atoms with van der Waals surface area (Å²) in [7, 11) is -7.64. The molecule has 10 heteroatoms. The molecule has 1 heterocycles. The van der Waals surface area contributed by atoms with Crippen LogP contribution in [0, 0.1) is 13.8 Å². The van der Waals surface area contributed by atoms with E-state index in [2.05, 4.69) is 8.80 Å². The number of amidine groups is 2. The molecular formula is C21H26N4O4S2. The van der Waals surface area contributed by atoms with E-state index in [1.165, 1.54) is 24.3 Å². The van der Waals surface area contributed by atoms with Gasteiger partial charge in [0.15, 0.2) is 0 Å². The van der Waals surface area contributed by atoms with Crippen molar-refractivity contribution in [2.24, 2.45) is 8.80 Å². The molecule has 0 saturated carbocycles. The van der Waals surface area contributed by atoms with Crippen LogP contribution in [0.1, 0.15) is 25.0 Å². The molecule has 1 fully saturated rings. The largest absolute Gasteiger partial charge is 0.340 e. The summed E-state index contributed by atoms with van der Waals surface area (Å²) in [6.45, 7) is 8.35. The Morgan fingerprint density at radius 3 is 1.32 bits per heavy atom. The van der Waals surface area contributed by atoms with E-state index in [1.807, 2.05) is 13.8 Å². The molecule has 0 N–H and O–H groups in total. The molecular weight excluding hydrogens is 436 g/mol. The molecule has 0 unspecified atom stereocenters. The monoisotopic (exact) mass is 462 g/mol. The fourth-order valence-electron chi connectivity index (χ4n) is 3.11. The standard InChI is InChI=1S/C21H26N4O4S2/c1-16-5-9-20(10-6-16)30(26,27)22-18(3)24-13-14-25(15-24)19(4)23-31(28,29)21-11-7-17(2)8-12-21/h5-12H,13-15H2,1-4H3. The van der Waals surface area contributed by atoms with Crippen molar-refractivity contribution in [1.29, 1.82) is 0 Å². The third-order valence-electron chi connectivity index (χ3n) is 5.04. The van der Waals surface area contributed by atoms with Crippen LogP contribution in [0.5, 0.6) is 0 Å². The molecule has 8 nitrogen and oxygen atoms in total. The molecule has 0 aromatic heterocycles. The van der Waals surface area contributed by atoms with Crippen LogP contribution in [0.4, 0.5) is 0 Å². The summed E-state index contributed by atoms with van der Waals surface area (Å²) in [5.74, 6) is 0.689. The summed E-state index contributed by atoms with van der Waals surface area (Å²) >= 11 is 0. The average Bonchev–Trinajstić information content (AvgIpc) is 3.19. The lowest BCUT2D eigenvalue weighted by Gasteiger charge is -2.20. The third kappa shape index (κ3) is 5.50. The lowest BCUT2D eigenvalue weighted by atomic mass is 10.2.